The van der Waals surface area contributed by atoms with Crippen LogP contribution in [0.1, 0.15) is 19.5 Å². The Kier molecular flexibility index (Phi) is 9.00. The zero-order chi connectivity index (χ0) is 17.7. The van der Waals surface area contributed by atoms with Crippen molar-refractivity contribution >= 4 is 41.5 Å². The average molecular weight is 484 g/mol. The number of morpholine rings is 1. The third kappa shape index (κ3) is 6.30. The predicted molar refractivity (Wildman–Crippen MR) is 115 cm³/mol. The van der Waals surface area contributed by atoms with Crippen LogP contribution in [0.2, 0.25) is 5.02 Å². The molecule has 1 aromatic heterocycles. The van der Waals surface area contributed by atoms with Gasteiger partial charge in [-0.05, 0) is 19.9 Å². The van der Waals surface area contributed by atoms with Crippen molar-refractivity contribution in [3.8, 4) is 0 Å². The predicted octanol–water partition coefficient (Wildman–Crippen LogP) is 2.41. The number of halogens is 2. The summed E-state index contributed by atoms with van der Waals surface area (Å²) in [5, 5.41) is 4.21. The molecule has 1 aliphatic heterocycles. The third-order valence-corrected chi connectivity index (χ3v) is 4.74. The Labute approximate surface area is 173 Å². The zero-order valence-corrected chi connectivity index (χ0v) is 19.0. The molecule has 144 valence electrons. The van der Waals surface area contributed by atoms with Crippen molar-refractivity contribution < 1.29 is 4.74 Å². The van der Waals surface area contributed by atoms with Crippen molar-refractivity contribution in [2.75, 3.05) is 46.9 Å². The van der Waals surface area contributed by atoms with Gasteiger partial charge < -0.3 is 19.5 Å². The van der Waals surface area contributed by atoms with Gasteiger partial charge >= 0.3 is 0 Å². The minimum atomic E-state index is 0. The number of guanidine groups is 1. The molecule has 1 aliphatic rings. The lowest BCUT2D eigenvalue weighted by Crippen LogP contribution is -2.55. The largest absolute Gasteiger partial charge is 0.378 e. The van der Waals surface area contributed by atoms with Crippen molar-refractivity contribution in [2.45, 2.75) is 25.9 Å². The number of rotatable bonds is 5. The molecule has 0 amide bonds. The standard InChI is InChI=1S/C17H30ClN5O.HI/c1-17(2)13-24-9-8-23(17)7-6-20-16(19-3)22(5)12-15-10-14(18)11-21(15)4;/h10-11H,6-9,12-13H2,1-5H3,(H,19,20);1H. The quantitative estimate of drug-likeness (QED) is 0.397. The van der Waals surface area contributed by atoms with E-state index in [0.717, 1.165) is 56.1 Å². The molecule has 6 nitrogen and oxygen atoms in total. The molecule has 0 aliphatic carbocycles. The molecule has 2 heterocycles. The van der Waals surface area contributed by atoms with Crippen molar-refractivity contribution in [3.05, 3.63) is 23.0 Å². The number of aliphatic imine (C=N–C) groups is 1. The van der Waals surface area contributed by atoms with Crippen LogP contribution in [0.4, 0.5) is 0 Å². The van der Waals surface area contributed by atoms with Crippen molar-refractivity contribution in [3.63, 3.8) is 0 Å². The van der Waals surface area contributed by atoms with Crippen LogP contribution in [0.3, 0.4) is 0 Å². The molecule has 8 heteroatoms. The molecule has 25 heavy (non-hydrogen) atoms. The number of nitrogens with one attached hydrogen (secondary N) is 1. The van der Waals surface area contributed by atoms with E-state index in [0.29, 0.717) is 0 Å². The van der Waals surface area contributed by atoms with Gasteiger partial charge in [-0.2, -0.15) is 0 Å². The summed E-state index contributed by atoms with van der Waals surface area (Å²) in [6.45, 7) is 9.62. The molecule has 0 bridgehead atoms. The van der Waals surface area contributed by atoms with E-state index in [9.17, 15) is 0 Å². The SMILES string of the molecule is CN=C(NCCN1CCOCC1(C)C)N(C)Cc1cc(Cl)cn1C.I. The van der Waals surface area contributed by atoms with Gasteiger partial charge in [0.05, 0.1) is 24.8 Å². The lowest BCUT2D eigenvalue weighted by atomic mass is 10.0. The number of ether oxygens (including phenoxy) is 1. The number of aromatic nitrogens is 1. The van der Waals surface area contributed by atoms with Gasteiger partial charge in [0.2, 0.25) is 0 Å². The van der Waals surface area contributed by atoms with Crippen molar-refractivity contribution in [1.82, 2.24) is 19.7 Å². The third-order valence-electron chi connectivity index (χ3n) is 4.53. The van der Waals surface area contributed by atoms with Crippen LogP contribution in [0.25, 0.3) is 0 Å². The molecule has 0 radical (unpaired) electrons. The maximum Gasteiger partial charge on any atom is 0.193 e. The lowest BCUT2D eigenvalue weighted by Gasteiger charge is -2.42. The Morgan fingerprint density at radius 2 is 2.20 bits per heavy atom. The van der Waals surface area contributed by atoms with Gasteiger partial charge in [-0.1, -0.05) is 11.6 Å². The van der Waals surface area contributed by atoms with E-state index in [1.54, 1.807) is 0 Å². The lowest BCUT2D eigenvalue weighted by molar-refractivity contribution is -0.0496. The first-order valence-electron chi connectivity index (χ1n) is 8.39. The molecular formula is C17H31ClIN5O. The van der Waals surface area contributed by atoms with Gasteiger partial charge in [0.25, 0.3) is 0 Å². The summed E-state index contributed by atoms with van der Waals surface area (Å²) >= 11 is 6.06. The van der Waals surface area contributed by atoms with E-state index in [1.165, 1.54) is 0 Å². The molecule has 1 fully saturated rings. The van der Waals surface area contributed by atoms with Gasteiger partial charge in [0.15, 0.2) is 5.96 Å². The monoisotopic (exact) mass is 483 g/mol. The maximum absolute atomic E-state index is 6.06. The fraction of sp³-hybridized carbons (Fsp3) is 0.706. The number of nitrogens with zero attached hydrogens (tertiary/aromatic N) is 4. The van der Waals surface area contributed by atoms with E-state index in [2.05, 4.69) is 34.0 Å². The molecule has 1 N–H and O–H groups in total. The van der Waals surface area contributed by atoms with E-state index in [-0.39, 0.29) is 29.5 Å². The molecule has 0 aromatic carbocycles. The Hall–Kier alpha value is -0.510. The van der Waals surface area contributed by atoms with Crippen LogP contribution >= 0.6 is 35.6 Å². The van der Waals surface area contributed by atoms with Crippen LogP contribution in [0.15, 0.2) is 17.3 Å². The Bertz CT molecular complexity index is 575. The zero-order valence-electron chi connectivity index (χ0n) is 15.9. The molecule has 1 aromatic rings. The normalized spacial score (nSPS) is 17.9. The molecule has 2 rings (SSSR count). The number of hydrogen-bond acceptors (Lipinski definition) is 3. The summed E-state index contributed by atoms with van der Waals surface area (Å²) in [5.74, 6) is 0.887. The van der Waals surface area contributed by atoms with E-state index in [1.807, 2.05) is 38.0 Å². The van der Waals surface area contributed by atoms with Crippen LogP contribution in [0, 0.1) is 0 Å². The van der Waals surface area contributed by atoms with Crippen LogP contribution < -0.4 is 5.32 Å². The second-order valence-corrected chi connectivity index (χ2v) is 7.38. The minimum absolute atomic E-state index is 0. The molecule has 1 saturated heterocycles. The number of hydrogen-bond donors (Lipinski definition) is 1. The summed E-state index contributed by atoms with van der Waals surface area (Å²) in [4.78, 5) is 8.96. The van der Waals surface area contributed by atoms with Gasteiger partial charge in [-0.25, -0.2) is 0 Å². The van der Waals surface area contributed by atoms with E-state index in [4.69, 9.17) is 16.3 Å². The first-order valence-corrected chi connectivity index (χ1v) is 8.76. The molecular weight excluding hydrogens is 453 g/mol. The van der Waals surface area contributed by atoms with Gasteiger partial charge in [-0.15, -0.1) is 24.0 Å². The van der Waals surface area contributed by atoms with Crippen LogP contribution in [-0.2, 0) is 18.3 Å². The van der Waals surface area contributed by atoms with Crippen LogP contribution in [-0.4, -0.2) is 72.8 Å². The second kappa shape index (κ2) is 9.99. The smallest absolute Gasteiger partial charge is 0.193 e. The fourth-order valence-corrected chi connectivity index (χ4v) is 3.31. The summed E-state index contributed by atoms with van der Waals surface area (Å²) in [5.41, 5.74) is 1.24. The fourth-order valence-electron chi connectivity index (χ4n) is 3.03. The summed E-state index contributed by atoms with van der Waals surface area (Å²) in [7, 11) is 5.86. The molecule has 0 spiro atoms. The van der Waals surface area contributed by atoms with E-state index < -0.39 is 0 Å². The maximum atomic E-state index is 6.06. The van der Waals surface area contributed by atoms with Gasteiger partial charge in [-0.3, -0.25) is 9.89 Å². The first kappa shape index (κ1) is 22.5. The topological polar surface area (TPSA) is 45.0 Å². The summed E-state index contributed by atoms with van der Waals surface area (Å²) in [6, 6.07) is 1.99. The highest BCUT2D eigenvalue weighted by molar-refractivity contribution is 14.0. The van der Waals surface area contributed by atoms with Crippen LogP contribution in [0.5, 0.6) is 0 Å². The summed E-state index contributed by atoms with van der Waals surface area (Å²) < 4.78 is 7.62. The highest BCUT2D eigenvalue weighted by Gasteiger charge is 2.29. The highest BCUT2D eigenvalue weighted by Crippen LogP contribution is 2.18. The van der Waals surface area contributed by atoms with Gasteiger partial charge in [0, 0.05) is 58.2 Å². The summed E-state index contributed by atoms with van der Waals surface area (Å²) in [6.07, 6.45) is 1.92. The van der Waals surface area contributed by atoms with Gasteiger partial charge in [0.1, 0.15) is 0 Å². The molecule has 0 unspecified atom stereocenters. The Morgan fingerprint density at radius 1 is 1.48 bits per heavy atom. The van der Waals surface area contributed by atoms with E-state index >= 15 is 0 Å². The Morgan fingerprint density at radius 3 is 2.76 bits per heavy atom. The minimum Gasteiger partial charge on any atom is -0.378 e. The second-order valence-electron chi connectivity index (χ2n) is 6.94. The molecule has 0 atom stereocenters. The highest BCUT2D eigenvalue weighted by atomic mass is 127. The average Bonchev–Trinajstić information content (AvgIpc) is 2.82. The number of aryl methyl sites for hydroxylation is 1. The molecule has 0 saturated carbocycles. The first-order chi connectivity index (χ1) is 11.3. The van der Waals surface area contributed by atoms with Crippen molar-refractivity contribution in [1.29, 1.82) is 0 Å². The Balaban J connectivity index is 0.00000312. The van der Waals surface area contributed by atoms with Crippen molar-refractivity contribution in [2.24, 2.45) is 12.0 Å².